The molecular formula is C22H20F3N7O3S. The molecule has 2 aromatic carbocycles. The van der Waals surface area contributed by atoms with Crippen LogP contribution in [-0.4, -0.2) is 71.0 Å². The number of piperazine rings is 1. The van der Waals surface area contributed by atoms with Crippen molar-refractivity contribution in [3.05, 3.63) is 60.4 Å². The second kappa shape index (κ2) is 9.02. The van der Waals surface area contributed by atoms with Gasteiger partial charge in [0, 0.05) is 26.2 Å². The number of benzene rings is 2. The number of anilines is 1. The summed E-state index contributed by atoms with van der Waals surface area (Å²) in [4.78, 5) is 10.1. The van der Waals surface area contributed by atoms with Crippen LogP contribution < -0.4 is 9.64 Å². The summed E-state index contributed by atoms with van der Waals surface area (Å²) in [5.41, 5.74) is 0.636. The third kappa shape index (κ3) is 4.33. The molecule has 36 heavy (non-hydrogen) atoms. The quantitative estimate of drug-likeness (QED) is 0.396. The Kier molecular flexibility index (Phi) is 6.00. The van der Waals surface area contributed by atoms with Gasteiger partial charge in [-0.1, -0.05) is 11.3 Å². The summed E-state index contributed by atoms with van der Waals surface area (Å²) in [5, 5.41) is 8.43. The van der Waals surface area contributed by atoms with E-state index >= 15 is 0 Å². The van der Waals surface area contributed by atoms with Crippen molar-refractivity contribution < 1.29 is 26.3 Å². The molecule has 4 aromatic rings. The number of halogens is 3. The number of hydrogen-bond donors (Lipinski definition) is 0. The predicted molar refractivity (Wildman–Crippen MR) is 123 cm³/mol. The van der Waals surface area contributed by atoms with Crippen LogP contribution in [0.3, 0.4) is 0 Å². The Morgan fingerprint density at radius 2 is 1.69 bits per heavy atom. The number of hydrogen-bond acceptors (Lipinski definition) is 8. The topological polar surface area (TPSA) is 106 Å². The van der Waals surface area contributed by atoms with E-state index in [2.05, 4.69) is 20.3 Å². The zero-order chi connectivity index (χ0) is 25.5. The van der Waals surface area contributed by atoms with Crippen molar-refractivity contribution in [2.24, 2.45) is 0 Å². The third-order valence-corrected chi connectivity index (χ3v) is 7.77. The zero-order valence-electron chi connectivity index (χ0n) is 18.9. The van der Waals surface area contributed by atoms with Crippen LogP contribution in [0.1, 0.15) is 5.56 Å². The molecule has 14 heteroatoms. The highest BCUT2D eigenvalue weighted by atomic mass is 32.2. The third-order valence-electron chi connectivity index (χ3n) is 5.87. The number of ether oxygens (including phenoxy) is 1. The highest BCUT2D eigenvalue weighted by molar-refractivity contribution is 7.89. The Morgan fingerprint density at radius 3 is 2.36 bits per heavy atom. The summed E-state index contributed by atoms with van der Waals surface area (Å²) in [6.07, 6.45) is -3.25. The van der Waals surface area contributed by atoms with Gasteiger partial charge >= 0.3 is 6.18 Å². The van der Waals surface area contributed by atoms with Gasteiger partial charge in [-0.15, -0.1) is 5.10 Å². The summed E-state index contributed by atoms with van der Waals surface area (Å²) in [5.74, 6) is 1.19. The number of aromatic nitrogens is 5. The van der Waals surface area contributed by atoms with E-state index in [0.29, 0.717) is 28.8 Å². The number of fused-ring (bicyclic) bond motifs is 1. The van der Waals surface area contributed by atoms with Crippen molar-refractivity contribution in [3.8, 4) is 11.4 Å². The van der Waals surface area contributed by atoms with E-state index in [4.69, 9.17) is 4.74 Å². The average molecular weight is 520 g/mol. The molecule has 1 saturated heterocycles. The second-order valence-electron chi connectivity index (χ2n) is 7.99. The maximum Gasteiger partial charge on any atom is 0.416 e. The Hall–Kier alpha value is -3.78. The minimum atomic E-state index is -4.63. The van der Waals surface area contributed by atoms with Gasteiger partial charge in [-0.3, -0.25) is 0 Å². The first kappa shape index (κ1) is 23.9. The van der Waals surface area contributed by atoms with Crippen molar-refractivity contribution in [1.82, 2.24) is 29.3 Å². The fraction of sp³-hybridized carbons (Fsp3) is 0.273. The van der Waals surface area contributed by atoms with Crippen LogP contribution in [-0.2, 0) is 16.2 Å². The van der Waals surface area contributed by atoms with Crippen molar-refractivity contribution >= 4 is 27.0 Å². The highest BCUT2D eigenvalue weighted by Gasteiger charge is 2.34. The normalized spacial score (nSPS) is 15.4. The lowest BCUT2D eigenvalue weighted by Crippen LogP contribution is -2.49. The van der Waals surface area contributed by atoms with Crippen LogP contribution >= 0.6 is 0 Å². The molecule has 0 saturated carbocycles. The minimum absolute atomic E-state index is 0.0662. The summed E-state index contributed by atoms with van der Waals surface area (Å²) in [6.45, 7) is 0.660. The molecular weight excluding hydrogens is 499 g/mol. The van der Waals surface area contributed by atoms with Gasteiger partial charge < -0.3 is 9.64 Å². The van der Waals surface area contributed by atoms with Crippen molar-refractivity contribution in [2.45, 2.75) is 11.1 Å². The van der Waals surface area contributed by atoms with Gasteiger partial charge in [0.1, 0.15) is 12.1 Å². The Morgan fingerprint density at radius 1 is 0.972 bits per heavy atom. The monoisotopic (exact) mass is 519 g/mol. The molecule has 0 aliphatic carbocycles. The Balaban J connectivity index is 1.36. The molecule has 0 amide bonds. The summed E-state index contributed by atoms with van der Waals surface area (Å²) >= 11 is 0. The van der Waals surface area contributed by atoms with Gasteiger partial charge in [-0.25, -0.2) is 18.4 Å². The molecule has 5 rings (SSSR count). The Labute approximate surface area is 204 Å². The summed E-state index contributed by atoms with van der Waals surface area (Å²) in [6, 6.07) is 11.0. The first-order chi connectivity index (χ1) is 17.2. The lowest BCUT2D eigenvalue weighted by atomic mass is 10.2. The average Bonchev–Trinajstić information content (AvgIpc) is 3.33. The van der Waals surface area contributed by atoms with Crippen molar-refractivity contribution in [1.29, 1.82) is 0 Å². The SMILES string of the molecule is COc1ccc(-n2nnc3c(N4CCN(S(=O)(=O)c5cccc(C(F)(F)F)c5)CC4)ncnc32)cc1. The molecule has 2 aromatic heterocycles. The van der Waals surface area contributed by atoms with E-state index in [-0.39, 0.29) is 26.2 Å². The maximum absolute atomic E-state index is 13.1. The van der Waals surface area contributed by atoms with Gasteiger partial charge in [-0.2, -0.15) is 22.2 Å². The number of alkyl halides is 3. The summed E-state index contributed by atoms with van der Waals surface area (Å²) in [7, 11) is -2.53. The number of methoxy groups -OCH3 is 1. The Bertz CT molecular complexity index is 1500. The molecule has 1 aliphatic heterocycles. The molecule has 1 aliphatic rings. The van der Waals surface area contributed by atoms with Gasteiger partial charge in [-0.05, 0) is 42.5 Å². The molecule has 0 spiro atoms. The van der Waals surface area contributed by atoms with E-state index in [1.165, 1.54) is 16.7 Å². The van der Waals surface area contributed by atoms with Crippen LogP contribution in [0, 0.1) is 0 Å². The lowest BCUT2D eigenvalue weighted by Gasteiger charge is -2.34. The van der Waals surface area contributed by atoms with Crippen LogP contribution in [0.25, 0.3) is 16.9 Å². The van der Waals surface area contributed by atoms with Crippen molar-refractivity contribution in [2.75, 3.05) is 38.2 Å². The van der Waals surface area contributed by atoms with Crippen LogP contribution in [0.4, 0.5) is 19.0 Å². The molecule has 188 valence electrons. The first-order valence-electron chi connectivity index (χ1n) is 10.8. The molecule has 0 radical (unpaired) electrons. The fourth-order valence-corrected chi connectivity index (χ4v) is 5.46. The molecule has 0 N–H and O–H groups in total. The highest BCUT2D eigenvalue weighted by Crippen LogP contribution is 2.32. The van der Waals surface area contributed by atoms with Gasteiger partial charge in [0.05, 0.1) is 23.3 Å². The fourth-order valence-electron chi connectivity index (χ4n) is 3.99. The second-order valence-corrected chi connectivity index (χ2v) is 9.92. The van der Waals surface area contributed by atoms with E-state index in [0.717, 1.165) is 17.8 Å². The predicted octanol–water partition coefficient (Wildman–Crippen LogP) is 2.75. The van der Waals surface area contributed by atoms with E-state index in [1.807, 2.05) is 17.0 Å². The van der Waals surface area contributed by atoms with Crippen molar-refractivity contribution in [3.63, 3.8) is 0 Å². The molecule has 0 atom stereocenters. The minimum Gasteiger partial charge on any atom is -0.497 e. The van der Waals surface area contributed by atoms with Gasteiger partial charge in [0.25, 0.3) is 0 Å². The van der Waals surface area contributed by atoms with Crippen LogP contribution in [0.5, 0.6) is 5.75 Å². The smallest absolute Gasteiger partial charge is 0.416 e. The largest absolute Gasteiger partial charge is 0.497 e. The van der Waals surface area contributed by atoms with E-state index in [1.54, 1.807) is 23.9 Å². The number of rotatable bonds is 5. The zero-order valence-corrected chi connectivity index (χ0v) is 19.7. The van der Waals surface area contributed by atoms with E-state index < -0.39 is 26.7 Å². The molecule has 0 unspecified atom stereocenters. The maximum atomic E-state index is 13.1. The molecule has 1 fully saturated rings. The van der Waals surface area contributed by atoms with Gasteiger partial charge in [0.2, 0.25) is 10.0 Å². The van der Waals surface area contributed by atoms with E-state index in [9.17, 15) is 21.6 Å². The van der Waals surface area contributed by atoms with Crippen LogP contribution in [0.15, 0.2) is 59.8 Å². The number of nitrogens with zero attached hydrogens (tertiary/aromatic N) is 7. The molecule has 10 nitrogen and oxygen atoms in total. The molecule has 0 bridgehead atoms. The number of sulfonamides is 1. The van der Waals surface area contributed by atoms with Crippen LogP contribution in [0.2, 0.25) is 0 Å². The summed E-state index contributed by atoms with van der Waals surface area (Å²) < 4.78 is 73.1. The lowest BCUT2D eigenvalue weighted by molar-refractivity contribution is -0.137. The first-order valence-corrected chi connectivity index (χ1v) is 12.3. The molecule has 3 heterocycles. The standard InChI is InChI=1S/C22H20F3N7O3S/c1-35-17-7-5-16(6-8-17)32-21-19(28-29-32)20(26-14-27-21)30-9-11-31(12-10-30)36(33,34)18-4-2-3-15(13-18)22(23,24)25/h2-8,13-14H,9-12H2,1H3. The van der Waals surface area contributed by atoms with Gasteiger partial charge in [0.15, 0.2) is 17.0 Å².